The second kappa shape index (κ2) is 7.94. The zero-order valence-electron chi connectivity index (χ0n) is 16.5. The maximum Gasteiger partial charge on any atom is 0.263 e. The molecule has 0 bridgehead atoms. The lowest BCUT2D eigenvalue weighted by atomic mass is 10.2. The van der Waals surface area contributed by atoms with Crippen LogP contribution >= 0.6 is 23.1 Å². The van der Waals surface area contributed by atoms with Crippen LogP contribution in [0.3, 0.4) is 0 Å². The Morgan fingerprint density at radius 2 is 1.96 bits per heavy atom. The lowest BCUT2D eigenvalue weighted by Crippen LogP contribution is -2.24. The number of aromatic nitrogens is 2. The Bertz CT molecular complexity index is 1040. The average Bonchev–Trinajstić information content (AvgIpc) is 2.93. The van der Waals surface area contributed by atoms with E-state index in [1.807, 2.05) is 45.9 Å². The number of methoxy groups -OCH3 is 2. The van der Waals surface area contributed by atoms with Gasteiger partial charge in [-0.15, -0.1) is 11.3 Å². The number of thioether (sulfide) groups is 1. The minimum atomic E-state index is 0.0312. The molecule has 0 radical (unpaired) electrons. The quantitative estimate of drug-likeness (QED) is 0.429. The summed E-state index contributed by atoms with van der Waals surface area (Å²) in [5.74, 6) is 2.21. The van der Waals surface area contributed by atoms with Crippen LogP contribution in [-0.2, 0) is 5.75 Å². The van der Waals surface area contributed by atoms with Gasteiger partial charge in [-0.3, -0.25) is 9.36 Å². The molecular formula is C20H24N2O3S2. The van der Waals surface area contributed by atoms with Crippen molar-refractivity contribution in [2.24, 2.45) is 0 Å². The Balaban J connectivity index is 2.05. The fraction of sp³-hybridized carbons (Fsp3) is 0.400. The highest BCUT2D eigenvalue weighted by atomic mass is 32.2. The number of benzene rings is 1. The number of ether oxygens (including phenoxy) is 2. The van der Waals surface area contributed by atoms with E-state index in [-0.39, 0.29) is 11.6 Å². The number of rotatable bonds is 6. The highest BCUT2D eigenvalue weighted by Crippen LogP contribution is 2.33. The largest absolute Gasteiger partial charge is 0.497 e. The molecule has 0 saturated heterocycles. The Morgan fingerprint density at radius 3 is 2.59 bits per heavy atom. The van der Waals surface area contributed by atoms with Gasteiger partial charge in [0.05, 0.1) is 19.6 Å². The van der Waals surface area contributed by atoms with Crippen LogP contribution in [0.2, 0.25) is 0 Å². The first-order valence-electron chi connectivity index (χ1n) is 8.73. The fourth-order valence-corrected chi connectivity index (χ4v) is 5.16. The molecule has 0 unspecified atom stereocenters. The maximum atomic E-state index is 13.1. The monoisotopic (exact) mass is 404 g/mol. The second-order valence-electron chi connectivity index (χ2n) is 6.59. The number of hydrogen-bond donors (Lipinski definition) is 0. The number of fused-ring (bicyclic) bond motifs is 1. The van der Waals surface area contributed by atoms with Crippen LogP contribution < -0.4 is 15.0 Å². The van der Waals surface area contributed by atoms with Crippen LogP contribution in [0.1, 0.15) is 35.9 Å². The van der Waals surface area contributed by atoms with E-state index in [1.165, 1.54) is 0 Å². The lowest BCUT2D eigenvalue weighted by Gasteiger charge is -2.16. The van der Waals surface area contributed by atoms with Gasteiger partial charge >= 0.3 is 0 Å². The Kier molecular flexibility index (Phi) is 5.81. The maximum absolute atomic E-state index is 13.1. The van der Waals surface area contributed by atoms with E-state index in [0.29, 0.717) is 5.75 Å². The Labute approximate surface area is 167 Å². The van der Waals surface area contributed by atoms with E-state index in [9.17, 15) is 4.79 Å². The van der Waals surface area contributed by atoms with Crippen molar-refractivity contribution < 1.29 is 9.47 Å². The molecule has 27 heavy (non-hydrogen) atoms. The van der Waals surface area contributed by atoms with Crippen LogP contribution in [0.4, 0.5) is 0 Å². The molecule has 144 valence electrons. The van der Waals surface area contributed by atoms with Crippen molar-refractivity contribution in [2.75, 3.05) is 14.2 Å². The van der Waals surface area contributed by atoms with Crippen molar-refractivity contribution in [3.8, 4) is 11.5 Å². The minimum absolute atomic E-state index is 0.0312. The van der Waals surface area contributed by atoms with Gasteiger partial charge in [0.2, 0.25) is 0 Å². The van der Waals surface area contributed by atoms with Gasteiger partial charge in [-0.05, 0) is 51.5 Å². The fourth-order valence-electron chi connectivity index (χ4n) is 2.98. The van der Waals surface area contributed by atoms with Crippen molar-refractivity contribution in [3.05, 3.63) is 44.6 Å². The van der Waals surface area contributed by atoms with Crippen LogP contribution in [0, 0.1) is 13.8 Å². The number of nitrogens with zero attached hydrogens (tertiary/aromatic N) is 2. The smallest absolute Gasteiger partial charge is 0.263 e. The average molecular weight is 405 g/mol. The molecule has 2 heterocycles. The molecule has 0 aliphatic rings. The standard InChI is InChI=1S/C20H24N2O3S2/c1-11(2)22-19(23)17-12(3)13(4)27-18(17)21-20(22)26-10-14-9-15(24-5)7-8-16(14)25-6/h7-9,11H,10H2,1-6H3. The van der Waals surface area contributed by atoms with Crippen molar-refractivity contribution in [1.29, 1.82) is 0 Å². The first-order chi connectivity index (χ1) is 12.9. The predicted molar refractivity (Wildman–Crippen MR) is 113 cm³/mol. The molecule has 1 aromatic carbocycles. The number of hydrogen-bond acceptors (Lipinski definition) is 6. The molecule has 0 amide bonds. The van der Waals surface area contributed by atoms with Gasteiger partial charge in [0, 0.05) is 22.2 Å². The zero-order valence-corrected chi connectivity index (χ0v) is 18.1. The van der Waals surface area contributed by atoms with Crippen molar-refractivity contribution in [1.82, 2.24) is 9.55 Å². The molecule has 5 nitrogen and oxygen atoms in total. The van der Waals surface area contributed by atoms with Crippen molar-refractivity contribution >= 4 is 33.3 Å². The molecule has 0 N–H and O–H groups in total. The molecule has 0 spiro atoms. The normalized spacial score (nSPS) is 11.4. The highest BCUT2D eigenvalue weighted by molar-refractivity contribution is 7.98. The first kappa shape index (κ1) is 19.8. The van der Waals surface area contributed by atoms with Crippen molar-refractivity contribution in [2.45, 2.75) is 44.6 Å². The third-order valence-electron chi connectivity index (χ3n) is 4.56. The summed E-state index contributed by atoms with van der Waals surface area (Å²) in [4.78, 5) is 19.9. The SMILES string of the molecule is COc1ccc(OC)c(CSc2nc3sc(C)c(C)c3c(=O)n2C(C)C)c1. The Morgan fingerprint density at radius 1 is 1.22 bits per heavy atom. The van der Waals surface area contributed by atoms with Gasteiger partial charge in [-0.1, -0.05) is 11.8 Å². The van der Waals surface area contributed by atoms with Gasteiger partial charge in [-0.2, -0.15) is 0 Å². The minimum Gasteiger partial charge on any atom is -0.497 e. The number of thiophene rings is 1. The summed E-state index contributed by atoms with van der Waals surface area (Å²) in [5.41, 5.74) is 2.08. The topological polar surface area (TPSA) is 53.4 Å². The molecule has 0 aliphatic carbocycles. The predicted octanol–water partition coefficient (Wildman–Crippen LogP) is 4.97. The second-order valence-corrected chi connectivity index (χ2v) is 8.74. The molecule has 3 aromatic rings. The number of aryl methyl sites for hydroxylation is 2. The van der Waals surface area contributed by atoms with E-state index in [2.05, 4.69) is 0 Å². The first-order valence-corrected chi connectivity index (χ1v) is 10.5. The molecule has 3 rings (SSSR count). The van der Waals surface area contributed by atoms with Gasteiger partial charge < -0.3 is 9.47 Å². The molecule has 0 saturated carbocycles. The van der Waals surface area contributed by atoms with E-state index in [0.717, 1.165) is 42.9 Å². The summed E-state index contributed by atoms with van der Waals surface area (Å²) < 4.78 is 12.6. The lowest BCUT2D eigenvalue weighted by molar-refractivity contribution is 0.400. The summed E-state index contributed by atoms with van der Waals surface area (Å²) in [6.07, 6.45) is 0. The van der Waals surface area contributed by atoms with E-state index in [4.69, 9.17) is 14.5 Å². The van der Waals surface area contributed by atoms with Crippen LogP contribution in [0.25, 0.3) is 10.2 Å². The molecule has 2 aromatic heterocycles. The van der Waals surface area contributed by atoms with Gasteiger partial charge in [-0.25, -0.2) is 4.98 Å². The van der Waals surface area contributed by atoms with Crippen LogP contribution in [-0.4, -0.2) is 23.8 Å². The van der Waals surface area contributed by atoms with Crippen molar-refractivity contribution in [3.63, 3.8) is 0 Å². The molecule has 0 atom stereocenters. The van der Waals surface area contributed by atoms with Gasteiger partial charge in [0.15, 0.2) is 5.16 Å². The third-order valence-corrected chi connectivity index (χ3v) is 6.67. The molecule has 0 fully saturated rings. The van der Waals surface area contributed by atoms with E-state index < -0.39 is 0 Å². The third kappa shape index (κ3) is 3.71. The van der Waals surface area contributed by atoms with Crippen LogP contribution in [0.5, 0.6) is 11.5 Å². The molecule has 7 heteroatoms. The Hall–Kier alpha value is -1.99. The summed E-state index contributed by atoms with van der Waals surface area (Å²) in [6, 6.07) is 5.76. The van der Waals surface area contributed by atoms with Gasteiger partial charge in [0.25, 0.3) is 5.56 Å². The highest BCUT2D eigenvalue weighted by Gasteiger charge is 2.19. The van der Waals surface area contributed by atoms with E-state index in [1.54, 1.807) is 41.9 Å². The zero-order chi connectivity index (χ0) is 19.7. The van der Waals surface area contributed by atoms with E-state index >= 15 is 0 Å². The summed E-state index contributed by atoms with van der Waals surface area (Å²) in [7, 11) is 3.30. The summed E-state index contributed by atoms with van der Waals surface area (Å²) in [5, 5.41) is 1.48. The molecular weight excluding hydrogens is 380 g/mol. The summed E-state index contributed by atoms with van der Waals surface area (Å²) in [6.45, 7) is 8.06. The van der Waals surface area contributed by atoms with Crippen LogP contribution in [0.15, 0.2) is 28.2 Å². The summed E-state index contributed by atoms with van der Waals surface area (Å²) >= 11 is 3.12. The molecule has 0 aliphatic heterocycles. The van der Waals surface area contributed by atoms with Gasteiger partial charge in [0.1, 0.15) is 16.3 Å².